The summed E-state index contributed by atoms with van der Waals surface area (Å²) in [6.45, 7) is 3.61. The number of carbonyl (C=O) groups excluding carboxylic acids is 1. The van der Waals surface area contributed by atoms with Gasteiger partial charge in [0.15, 0.2) is 0 Å². The highest BCUT2D eigenvalue weighted by Gasteiger charge is 2.10. The van der Waals surface area contributed by atoms with Crippen LogP contribution in [0, 0.1) is 0 Å². The minimum Gasteiger partial charge on any atom is -0.464 e. The van der Waals surface area contributed by atoms with Gasteiger partial charge in [-0.15, -0.1) is 0 Å². The van der Waals surface area contributed by atoms with Crippen LogP contribution in [-0.2, 0) is 13.0 Å². The van der Waals surface area contributed by atoms with Gasteiger partial charge in [-0.1, -0.05) is 48.6 Å². The molecule has 0 aliphatic carbocycles. The fourth-order valence-corrected chi connectivity index (χ4v) is 3.38. The first-order valence-corrected chi connectivity index (χ1v) is 10.9. The van der Waals surface area contributed by atoms with E-state index in [-0.39, 0.29) is 5.91 Å². The molecule has 5 heterocycles. The molecule has 3 aromatic rings. The van der Waals surface area contributed by atoms with Crippen LogP contribution in [0.25, 0.3) is 6.08 Å². The van der Waals surface area contributed by atoms with E-state index in [1.54, 1.807) is 0 Å². The first kappa shape index (κ1) is 21.5. The van der Waals surface area contributed by atoms with Crippen molar-refractivity contribution in [1.82, 2.24) is 20.3 Å². The molecule has 0 spiro atoms. The molecule has 7 nitrogen and oxygen atoms in total. The van der Waals surface area contributed by atoms with Crippen molar-refractivity contribution in [2.75, 3.05) is 18.5 Å². The molecule has 2 aromatic carbocycles. The van der Waals surface area contributed by atoms with Gasteiger partial charge in [-0.05, 0) is 48.6 Å². The molecule has 0 atom stereocenters. The van der Waals surface area contributed by atoms with E-state index in [0.29, 0.717) is 49.5 Å². The number of nitrogens with zero attached hydrogens (tertiary/aromatic N) is 3. The highest BCUT2D eigenvalue weighted by atomic mass is 16.5. The van der Waals surface area contributed by atoms with Crippen LogP contribution < -0.4 is 15.4 Å². The summed E-state index contributed by atoms with van der Waals surface area (Å²) in [5.74, 6) is 1.02. The average molecular weight is 430 g/mol. The molecular formula is C25H27N5O2. The Labute approximate surface area is 188 Å². The smallest absolute Gasteiger partial charge is 0.321 e. The van der Waals surface area contributed by atoms with Gasteiger partial charge in [0.1, 0.15) is 5.82 Å². The Bertz CT molecular complexity index is 1080. The van der Waals surface area contributed by atoms with Crippen molar-refractivity contribution >= 4 is 17.9 Å². The Balaban J connectivity index is 1.61. The fraction of sp³-hybridized carbons (Fsp3) is 0.280. The Hall–Kier alpha value is -3.74. The molecule has 6 bridgehead atoms. The first-order valence-electron chi connectivity index (χ1n) is 10.9. The summed E-state index contributed by atoms with van der Waals surface area (Å²) in [5.41, 5.74) is 3.92. The molecule has 1 aromatic heterocycles. The molecule has 0 fully saturated rings. The topological polar surface area (TPSA) is 89.0 Å². The van der Waals surface area contributed by atoms with Gasteiger partial charge in [-0.2, -0.15) is 15.0 Å². The first-order chi connectivity index (χ1) is 15.7. The summed E-state index contributed by atoms with van der Waals surface area (Å²) >= 11 is 0. The number of aromatic nitrogens is 3. The Morgan fingerprint density at radius 1 is 0.938 bits per heavy atom. The number of allylic oxidation sites excluding steroid dienone is 1. The van der Waals surface area contributed by atoms with Crippen molar-refractivity contribution in [1.29, 1.82) is 0 Å². The van der Waals surface area contributed by atoms with E-state index in [1.807, 2.05) is 31.2 Å². The van der Waals surface area contributed by atoms with E-state index >= 15 is 0 Å². The highest BCUT2D eigenvalue weighted by molar-refractivity contribution is 5.94. The lowest BCUT2D eigenvalue weighted by Crippen LogP contribution is -2.24. The van der Waals surface area contributed by atoms with Gasteiger partial charge in [0, 0.05) is 25.1 Å². The van der Waals surface area contributed by atoms with Gasteiger partial charge in [0.05, 0.1) is 6.61 Å². The molecule has 4 aliphatic rings. The number of rotatable bonds is 2. The molecule has 7 rings (SSSR count). The van der Waals surface area contributed by atoms with Gasteiger partial charge in [0.2, 0.25) is 5.95 Å². The van der Waals surface area contributed by atoms with E-state index in [4.69, 9.17) is 4.74 Å². The average Bonchev–Trinajstić information content (AvgIpc) is 2.81. The number of amides is 1. The SMILES string of the molecule is CCOc1nc2nc(n1)NCc1ccc(cc1)C=CCCCNC(=O)c1ccc(cc1)C2. The van der Waals surface area contributed by atoms with Crippen LogP contribution in [-0.4, -0.2) is 34.0 Å². The van der Waals surface area contributed by atoms with Gasteiger partial charge >= 0.3 is 6.01 Å². The number of hydrogen-bond donors (Lipinski definition) is 2. The number of hydrogen-bond acceptors (Lipinski definition) is 6. The maximum atomic E-state index is 12.4. The number of nitrogens with one attached hydrogen (secondary N) is 2. The quantitative estimate of drug-likeness (QED) is 0.640. The zero-order valence-corrected chi connectivity index (χ0v) is 18.2. The van der Waals surface area contributed by atoms with Crippen LogP contribution in [0.15, 0.2) is 54.6 Å². The van der Waals surface area contributed by atoms with E-state index in [9.17, 15) is 4.79 Å². The number of ether oxygens (including phenoxy) is 1. The molecule has 1 amide bonds. The Kier molecular flexibility index (Phi) is 7.07. The third-order valence-corrected chi connectivity index (χ3v) is 5.09. The monoisotopic (exact) mass is 429 g/mol. The lowest BCUT2D eigenvalue weighted by Gasteiger charge is -2.10. The molecule has 7 heteroatoms. The zero-order valence-electron chi connectivity index (χ0n) is 18.2. The minimum absolute atomic E-state index is 0.0627. The van der Waals surface area contributed by atoms with Gasteiger partial charge in [0.25, 0.3) is 5.91 Å². The molecule has 0 unspecified atom stereocenters. The Morgan fingerprint density at radius 3 is 2.50 bits per heavy atom. The summed E-state index contributed by atoms with van der Waals surface area (Å²) in [7, 11) is 0. The molecule has 2 N–H and O–H groups in total. The summed E-state index contributed by atoms with van der Waals surface area (Å²) < 4.78 is 5.54. The predicted molar refractivity (Wildman–Crippen MR) is 125 cm³/mol. The second-order valence-corrected chi connectivity index (χ2v) is 7.56. The molecule has 0 saturated heterocycles. The third kappa shape index (κ3) is 5.91. The van der Waals surface area contributed by atoms with Crippen molar-refractivity contribution < 1.29 is 9.53 Å². The summed E-state index contributed by atoms with van der Waals surface area (Å²) in [6, 6.07) is 16.2. The largest absolute Gasteiger partial charge is 0.464 e. The zero-order chi connectivity index (χ0) is 22.2. The standard InChI is InChI=1S/C25H27N5O2/c1-2-32-25-29-22-16-19-11-13-21(14-12-19)23(31)26-15-5-3-4-6-18-7-9-20(10-8-18)17-27-24(28-22)30-25/h4,6-14H,2-3,5,15-17H2,1H3,(H,26,31)(H,27,28,29,30). The van der Waals surface area contributed by atoms with Crippen molar-refractivity contribution in [3.8, 4) is 6.01 Å². The third-order valence-electron chi connectivity index (χ3n) is 5.09. The Morgan fingerprint density at radius 2 is 1.72 bits per heavy atom. The van der Waals surface area contributed by atoms with E-state index in [2.05, 4.69) is 62.0 Å². The van der Waals surface area contributed by atoms with Gasteiger partial charge in [-0.25, -0.2) is 0 Å². The number of carbonyl (C=O) groups is 1. The predicted octanol–water partition coefficient (Wildman–Crippen LogP) is 4.01. The van der Waals surface area contributed by atoms with Crippen LogP contribution in [0.1, 0.15) is 52.6 Å². The van der Waals surface area contributed by atoms with Crippen molar-refractivity contribution in [3.63, 3.8) is 0 Å². The second-order valence-electron chi connectivity index (χ2n) is 7.56. The van der Waals surface area contributed by atoms with E-state index < -0.39 is 0 Å². The normalized spacial score (nSPS) is 14.3. The van der Waals surface area contributed by atoms with Crippen molar-refractivity contribution in [2.45, 2.75) is 32.7 Å². The van der Waals surface area contributed by atoms with Crippen LogP contribution in [0.2, 0.25) is 0 Å². The second kappa shape index (κ2) is 10.5. The molecule has 0 saturated carbocycles. The fourth-order valence-electron chi connectivity index (χ4n) is 3.38. The van der Waals surface area contributed by atoms with Crippen molar-refractivity contribution in [3.05, 3.63) is 82.7 Å². The van der Waals surface area contributed by atoms with Gasteiger partial charge < -0.3 is 15.4 Å². The van der Waals surface area contributed by atoms with Crippen LogP contribution in [0.5, 0.6) is 6.01 Å². The molecule has 32 heavy (non-hydrogen) atoms. The maximum absolute atomic E-state index is 12.4. The minimum atomic E-state index is -0.0627. The van der Waals surface area contributed by atoms with Crippen LogP contribution in [0.4, 0.5) is 5.95 Å². The lowest BCUT2D eigenvalue weighted by atomic mass is 10.1. The van der Waals surface area contributed by atoms with Gasteiger partial charge in [-0.3, -0.25) is 4.79 Å². The van der Waals surface area contributed by atoms with Crippen LogP contribution >= 0.6 is 0 Å². The lowest BCUT2D eigenvalue weighted by molar-refractivity contribution is 0.0953. The number of benzene rings is 2. The van der Waals surface area contributed by atoms with Crippen LogP contribution in [0.3, 0.4) is 0 Å². The molecule has 4 aliphatic heterocycles. The van der Waals surface area contributed by atoms with E-state index in [1.165, 1.54) is 0 Å². The molecule has 0 radical (unpaired) electrons. The number of anilines is 1. The molecular weight excluding hydrogens is 402 g/mol. The van der Waals surface area contributed by atoms with E-state index in [0.717, 1.165) is 29.5 Å². The summed E-state index contributed by atoms with van der Waals surface area (Å²) in [5, 5.41) is 6.26. The van der Waals surface area contributed by atoms with Crippen molar-refractivity contribution in [2.24, 2.45) is 0 Å². The summed E-state index contributed by atoms with van der Waals surface area (Å²) in [6.07, 6.45) is 6.56. The summed E-state index contributed by atoms with van der Waals surface area (Å²) in [4.78, 5) is 25.8. The maximum Gasteiger partial charge on any atom is 0.321 e. The molecule has 164 valence electrons. The highest BCUT2D eigenvalue weighted by Crippen LogP contribution is 2.15.